The standard InChI is InChI=1S/C36H47NO3/c1-32(2,3)24-17-21(18-25(29(24)38)33(4,5)6)36(31(40)23-15-13-14-16-28(23)37-36)22-19-26(34(7,8)9)30(39)27(20-22)35(10,11)12/h13-20,37-39H,1-12H3. The van der Waals surface area contributed by atoms with E-state index in [1.165, 1.54) is 0 Å². The molecule has 0 fully saturated rings. The van der Waals surface area contributed by atoms with Gasteiger partial charge in [-0.05, 0) is 91.4 Å². The molecule has 4 nitrogen and oxygen atoms in total. The minimum atomic E-state index is -1.24. The van der Waals surface area contributed by atoms with Crippen molar-refractivity contribution in [2.75, 3.05) is 5.32 Å². The molecule has 1 heterocycles. The van der Waals surface area contributed by atoms with E-state index in [4.69, 9.17) is 0 Å². The summed E-state index contributed by atoms with van der Waals surface area (Å²) in [5.74, 6) is 0.510. The topological polar surface area (TPSA) is 69.6 Å². The van der Waals surface area contributed by atoms with Crippen molar-refractivity contribution < 1.29 is 15.0 Å². The Kier molecular flexibility index (Phi) is 6.78. The number of hydrogen-bond donors (Lipinski definition) is 3. The predicted molar refractivity (Wildman–Crippen MR) is 166 cm³/mol. The fourth-order valence-corrected chi connectivity index (χ4v) is 5.81. The Balaban J connectivity index is 2.21. The number of ketones is 1. The normalized spacial score (nSPS) is 15.7. The van der Waals surface area contributed by atoms with Crippen LogP contribution in [0.4, 0.5) is 5.69 Å². The van der Waals surface area contributed by atoms with Crippen LogP contribution in [0.3, 0.4) is 0 Å². The second-order valence-electron chi connectivity index (χ2n) is 15.6. The van der Waals surface area contributed by atoms with Gasteiger partial charge >= 0.3 is 0 Å². The molecule has 4 rings (SSSR count). The summed E-state index contributed by atoms with van der Waals surface area (Å²) < 4.78 is 0. The van der Waals surface area contributed by atoms with Crippen molar-refractivity contribution in [2.45, 2.75) is 110 Å². The average molecular weight is 542 g/mol. The summed E-state index contributed by atoms with van der Waals surface area (Å²) in [5.41, 5.74) is 3.47. The number of carbonyl (C=O) groups excluding carboxylic acids is 1. The van der Waals surface area contributed by atoms with E-state index in [2.05, 4.69) is 88.4 Å². The third-order valence-corrected chi connectivity index (χ3v) is 8.15. The Bertz CT molecular complexity index is 1330. The number of nitrogens with one attached hydrogen (secondary N) is 1. The zero-order valence-corrected chi connectivity index (χ0v) is 26.4. The third kappa shape index (κ3) is 4.80. The molecule has 1 aliphatic heterocycles. The van der Waals surface area contributed by atoms with Crippen LogP contribution >= 0.6 is 0 Å². The van der Waals surface area contributed by atoms with Gasteiger partial charge in [0.1, 0.15) is 11.5 Å². The summed E-state index contributed by atoms with van der Waals surface area (Å²) in [4.78, 5) is 14.7. The van der Waals surface area contributed by atoms with Crippen LogP contribution in [-0.2, 0) is 27.2 Å². The van der Waals surface area contributed by atoms with Gasteiger partial charge in [-0.3, -0.25) is 4.79 Å². The van der Waals surface area contributed by atoms with E-state index in [0.717, 1.165) is 39.1 Å². The highest BCUT2D eigenvalue weighted by atomic mass is 16.3. The second kappa shape index (κ2) is 9.12. The molecule has 0 aliphatic carbocycles. The van der Waals surface area contributed by atoms with Crippen LogP contribution in [0.1, 0.15) is 127 Å². The molecule has 40 heavy (non-hydrogen) atoms. The summed E-state index contributed by atoms with van der Waals surface area (Å²) in [5, 5.41) is 26.7. The van der Waals surface area contributed by atoms with E-state index in [0.29, 0.717) is 5.56 Å². The lowest BCUT2D eigenvalue weighted by Gasteiger charge is -2.37. The van der Waals surface area contributed by atoms with E-state index in [1.807, 2.05) is 48.5 Å². The molecule has 0 amide bonds. The molecule has 0 radical (unpaired) electrons. The van der Waals surface area contributed by atoms with Crippen LogP contribution in [-0.4, -0.2) is 16.0 Å². The van der Waals surface area contributed by atoms with Crippen molar-refractivity contribution in [3.05, 3.63) is 87.5 Å². The van der Waals surface area contributed by atoms with Crippen molar-refractivity contribution in [2.24, 2.45) is 0 Å². The minimum Gasteiger partial charge on any atom is -0.507 e. The van der Waals surface area contributed by atoms with E-state index < -0.39 is 5.54 Å². The van der Waals surface area contributed by atoms with E-state index >= 15 is 0 Å². The first kappa shape index (κ1) is 29.7. The van der Waals surface area contributed by atoms with Crippen molar-refractivity contribution in [3.8, 4) is 11.5 Å². The Morgan fingerprint density at radius 2 is 0.900 bits per heavy atom. The molecule has 0 bridgehead atoms. The third-order valence-electron chi connectivity index (χ3n) is 8.15. The number of fused-ring (bicyclic) bond motifs is 1. The Labute approximate surface area is 240 Å². The van der Waals surface area contributed by atoms with Crippen LogP contribution in [0, 0.1) is 0 Å². The largest absolute Gasteiger partial charge is 0.507 e. The number of rotatable bonds is 2. The Morgan fingerprint density at radius 3 is 1.20 bits per heavy atom. The molecule has 3 aromatic carbocycles. The lowest BCUT2D eigenvalue weighted by Crippen LogP contribution is -2.41. The number of anilines is 1. The zero-order chi connectivity index (χ0) is 30.2. The SMILES string of the molecule is CC(C)(C)c1cc(C2(c3cc(C(C)(C)C)c(O)c(C(C)(C)C)c3)Nc3ccccc3C2=O)cc(C(C)(C)C)c1O. The van der Waals surface area contributed by atoms with E-state index in [9.17, 15) is 15.0 Å². The average Bonchev–Trinajstić information content (AvgIpc) is 3.09. The molecule has 214 valence electrons. The van der Waals surface area contributed by atoms with Crippen LogP contribution in [0.5, 0.6) is 11.5 Å². The van der Waals surface area contributed by atoms with Gasteiger partial charge in [-0.15, -0.1) is 0 Å². The molecule has 0 saturated heterocycles. The van der Waals surface area contributed by atoms with Crippen molar-refractivity contribution in [1.29, 1.82) is 0 Å². The maximum Gasteiger partial charge on any atom is 0.199 e. The fourth-order valence-electron chi connectivity index (χ4n) is 5.81. The van der Waals surface area contributed by atoms with Gasteiger partial charge in [-0.2, -0.15) is 0 Å². The van der Waals surface area contributed by atoms with Crippen molar-refractivity contribution >= 4 is 11.5 Å². The van der Waals surface area contributed by atoms with Gasteiger partial charge in [-0.25, -0.2) is 0 Å². The Hall–Kier alpha value is -3.27. The number of aromatic hydroxyl groups is 2. The minimum absolute atomic E-state index is 0.0427. The quantitative estimate of drug-likeness (QED) is 0.303. The van der Waals surface area contributed by atoms with Gasteiger partial charge in [0.15, 0.2) is 11.3 Å². The van der Waals surface area contributed by atoms with Gasteiger partial charge in [0.2, 0.25) is 0 Å². The summed E-state index contributed by atoms with van der Waals surface area (Å²) in [6.07, 6.45) is 0. The lowest BCUT2D eigenvalue weighted by molar-refractivity contribution is 0.0940. The molecule has 4 heteroatoms. The molecule has 3 aromatic rings. The van der Waals surface area contributed by atoms with Gasteiger partial charge in [0, 0.05) is 11.3 Å². The van der Waals surface area contributed by atoms with Crippen LogP contribution in [0.15, 0.2) is 48.5 Å². The van der Waals surface area contributed by atoms with E-state index in [-0.39, 0.29) is 38.9 Å². The fraction of sp³-hybridized carbons (Fsp3) is 0.472. The summed E-state index contributed by atoms with van der Waals surface area (Å²) in [7, 11) is 0. The van der Waals surface area contributed by atoms with Gasteiger partial charge in [-0.1, -0.05) is 95.2 Å². The molecule has 0 unspecified atom stereocenters. The molecular formula is C36H47NO3. The zero-order valence-electron chi connectivity index (χ0n) is 26.4. The number of Topliss-reactive ketones (excluding diaryl/α,β-unsaturated/α-hetero) is 1. The molecule has 0 saturated carbocycles. The number of benzene rings is 3. The highest BCUT2D eigenvalue weighted by molar-refractivity contribution is 6.16. The predicted octanol–water partition coefficient (Wildman–Crippen LogP) is 8.84. The van der Waals surface area contributed by atoms with E-state index in [1.54, 1.807) is 0 Å². The van der Waals surface area contributed by atoms with Gasteiger partial charge in [0.25, 0.3) is 0 Å². The van der Waals surface area contributed by atoms with Gasteiger partial charge < -0.3 is 15.5 Å². The first-order valence-corrected chi connectivity index (χ1v) is 14.3. The molecular weight excluding hydrogens is 494 g/mol. The number of carbonyl (C=O) groups is 1. The first-order chi connectivity index (χ1) is 18.1. The summed E-state index contributed by atoms with van der Waals surface area (Å²) in [6, 6.07) is 15.7. The maximum atomic E-state index is 14.7. The maximum absolute atomic E-state index is 14.7. The van der Waals surface area contributed by atoms with Gasteiger partial charge in [0.05, 0.1) is 0 Å². The lowest BCUT2D eigenvalue weighted by atomic mass is 9.70. The number of phenols is 2. The van der Waals surface area contributed by atoms with Crippen molar-refractivity contribution in [1.82, 2.24) is 0 Å². The second-order valence-corrected chi connectivity index (χ2v) is 15.6. The first-order valence-electron chi connectivity index (χ1n) is 14.3. The van der Waals surface area contributed by atoms with Crippen LogP contribution < -0.4 is 5.32 Å². The number of phenolic OH excluding ortho intramolecular Hbond substituents is 2. The molecule has 1 aliphatic rings. The molecule has 0 aromatic heterocycles. The molecule has 0 spiro atoms. The summed E-state index contributed by atoms with van der Waals surface area (Å²) >= 11 is 0. The highest BCUT2D eigenvalue weighted by Crippen LogP contribution is 2.51. The monoisotopic (exact) mass is 541 g/mol. The van der Waals surface area contributed by atoms with Crippen molar-refractivity contribution in [3.63, 3.8) is 0 Å². The summed E-state index contributed by atoms with van der Waals surface area (Å²) in [6.45, 7) is 25.0. The highest BCUT2D eigenvalue weighted by Gasteiger charge is 2.50. The molecule has 3 N–H and O–H groups in total. The number of para-hydroxylation sites is 1. The number of hydrogen-bond acceptors (Lipinski definition) is 4. The van der Waals surface area contributed by atoms with Crippen LogP contribution in [0.2, 0.25) is 0 Å². The molecule has 0 atom stereocenters. The van der Waals surface area contributed by atoms with Crippen LogP contribution in [0.25, 0.3) is 0 Å². The Morgan fingerprint density at radius 1 is 0.575 bits per heavy atom. The smallest absolute Gasteiger partial charge is 0.199 e.